The number of rotatable bonds is 3. The van der Waals surface area contributed by atoms with E-state index in [1.165, 1.54) is 0 Å². The van der Waals surface area contributed by atoms with Crippen LogP contribution < -0.4 is 5.32 Å². The van der Waals surface area contributed by atoms with Gasteiger partial charge in [0, 0.05) is 21.9 Å². The fourth-order valence-electron chi connectivity index (χ4n) is 1.58. The smallest absolute Gasteiger partial charge is 0.267 e. The molecule has 2 aromatic rings. The van der Waals surface area contributed by atoms with E-state index in [1.807, 2.05) is 18.2 Å². The minimum atomic E-state index is -0.546. The lowest BCUT2D eigenvalue weighted by Crippen LogP contribution is -2.30. The monoisotopic (exact) mass is 296 g/mol. The van der Waals surface area contributed by atoms with Gasteiger partial charge in [-0.25, -0.2) is 0 Å². The Morgan fingerprint density at radius 2 is 2.35 bits per heavy atom. The average molecular weight is 297 g/mol. The molecule has 1 amide bonds. The number of benzene rings is 1. The maximum absolute atomic E-state index is 11.8. The van der Waals surface area contributed by atoms with Gasteiger partial charge in [-0.2, -0.15) is 0 Å². The number of aromatic nitrogens is 1. The van der Waals surface area contributed by atoms with Gasteiger partial charge >= 0.3 is 0 Å². The van der Waals surface area contributed by atoms with Crippen molar-refractivity contribution in [2.75, 3.05) is 6.54 Å². The first-order chi connectivity index (χ1) is 8.08. The summed E-state index contributed by atoms with van der Waals surface area (Å²) in [5.41, 5.74) is 1.40. The van der Waals surface area contributed by atoms with Gasteiger partial charge in [0.05, 0.1) is 6.10 Å². The van der Waals surface area contributed by atoms with Crippen LogP contribution >= 0.6 is 15.9 Å². The summed E-state index contributed by atoms with van der Waals surface area (Å²) < 4.78 is 0.945. The first-order valence-electron chi connectivity index (χ1n) is 5.31. The van der Waals surface area contributed by atoms with Crippen LogP contribution in [0.25, 0.3) is 10.9 Å². The van der Waals surface area contributed by atoms with E-state index in [9.17, 15) is 4.79 Å². The van der Waals surface area contributed by atoms with Gasteiger partial charge in [-0.3, -0.25) is 4.79 Å². The number of hydrogen-bond donors (Lipinski definition) is 3. The van der Waals surface area contributed by atoms with Gasteiger partial charge in [-0.15, -0.1) is 0 Å². The van der Waals surface area contributed by atoms with Crippen molar-refractivity contribution in [3.05, 3.63) is 34.4 Å². The second-order valence-corrected chi connectivity index (χ2v) is 4.80. The van der Waals surface area contributed by atoms with E-state index in [-0.39, 0.29) is 12.5 Å². The standard InChI is InChI=1S/C12H13BrN2O2/c1-7(16)6-14-12(17)11-5-8-9(13)3-2-4-10(8)15-11/h2-5,7,15-16H,6H2,1H3,(H,14,17). The van der Waals surface area contributed by atoms with E-state index in [1.54, 1.807) is 13.0 Å². The number of aromatic amines is 1. The summed E-state index contributed by atoms with van der Waals surface area (Å²) in [5.74, 6) is -0.214. The number of halogens is 1. The predicted molar refractivity (Wildman–Crippen MR) is 70.0 cm³/mol. The number of hydrogen-bond acceptors (Lipinski definition) is 2. The lowest BCUT2D eigenvalue weighted by molar-refractivity contribution is 0.0920. The minimum absolute atomic E-state index is 0.214. The molecule has 4 nitrogen and oxygen atoms in total. The number of carbonyl (C=O) groups excluding carboxylic acids is 1. The lowest BCUT2D eigenvalue weighted by atomic mass is 10.2. The molecule has 1 aromatic heterocycles. The molecule has 1 unspecified atom stereocenters. The van der Waals surface area contributed by atoms with E-state index in [0.717, 1.165) is 15.4 Å². The summed E-state index contributed by atoms with van der Waals surface area (Å²) in [7, 11) is 0. The highest BCUT2D eigenvalue weighted by molar-refractivity contribution is 9.10. The van der Waals surface area contributed by atoms with Gasteiger partial charge < -0.3 is 15.4 Å². The number of aliphatic hydroxyl groups excluding tert-OH is 1. The van der Waals surface area contributed by atoms with Crippen LogP contribution in [-0.2, 0) is 0 Å². The third kappa shape index (κ3) is 2.68. The number of amides is 1. The van der Waals surface area contributed by atoms with Crippen LogP contribution in [0.3, 0.4) is 0 Å². The molecule has 1 aromatic carbocycles. The zero-order valence-electron chi connectivity index (χ0n) is 9.33. The van der Waals surface area contributed by atoms with Crippen molar-refractivity contribution in [2.24, 2.45) is 0 Å². The Kier molecular flexibility index (Phi) is 3.49. The largest absolute Gasteiger partial charge is 0.392 e. The molecule has 0 aliphatic heterocycles. The van der Waals surface area contributed by atoms with Crippen LogP contribution in [0.15, 0.2) is 28.7 Å². The van der Waals surface area contributed by atoms with Crippen molar-refractivity contribution in [3.8, 4) is 0 Å². The molecule has 0 saturated heterocycles. The SMILES string of the molecule is CC(O)CNC(=O)c1cc2c(Br)cccc2[nH]1. The zero-order chi connectivity index (χ0) is 12.4. The molecule has 1 heterocycles. The minimum Gasteiger partial charge on any atom is -0.392 e. The highest BCUT2D eigenvalue weighted by Crippen LogP contribution is 2.24. The van der Waals surface area contributed by atoms with E-state index >= 15 is 0 Å². The fraction of sp³-hybridized carbons (Fsp3) is 0.250. The van der Waals surface area contributed by atoms with Crippen LogP contribution in [0.4, 0.5) is 0 Å². The summed E-state index contributed by atoms with van der Waals surface area (Å²) in [5, 5.41) is 12.7. The third-order valence-electron chi connectivity index (χ3n) is 2.41. The van der Waals surface area contributed by atoms with Crippen LogP contribution in [-0.4, -0.2) is 28.6 Å². The van der Waals surface area contributed by atoms with Gasteiger partial charge in [0.15, 0.2) is 0 Å². The molecule has 3 N–H and O–H groups in total. The Balaban J connectivity index is 2.24. The van der Waals surface area contributed by atoms with Gasteiger partial charge in [-0.1, -0.05) is 22.0 Å². The Morgan fingerprint density at radius 3 is 3.00 bits per heavy atom. The Morgan fingerprint density at radius 1 is 1.59 bits per heavy atom. The molecule has 1 atom stereocenters. The molecule has 0 saturated carbocycles. The molecule has 0 radical (unpaired) electrons. The third-order valence-corrected chi connectivity index (χ3v) is 3.11. The fourth-order valence-corrected chi connectivity index (χ4v) is 2.06. The van der Waals surface area contributed by atoms with E-state index in [4.69, 9.17) is 5.11 Å². The molecule has 17 heavy (non-hydrogen) atoms. The van der Waals surface area contributed by atoms with Crippen LogP contribution in [0.5, 0.6) is 0 Å². The Hall–Kier alpha value is -1.33. The zero-order valence-corrected chi connectivity index (χ0v) is 10.9. The van der Waals surface area contributed by atoms with Crippen molar-refractivity contribution in [2.45, 2.75) is 13.0 Å². The van der Waals surface area contributed by atoms with E-state index in [2.05, 4.69) is 26.2 Å². The molecule has 0 fully saturated rings. The summed E-state index contributed by atoms with van der Waals surface area (Å²) >= 11 is 3.43. The van der Waals surface area contributed by atoms with Crippen LogP contribution in [0.1, 0.15) is 17.4 Å². The average Bonchev–Trinajstić information content (AvgIpc) is 2.71. The van der Waals surface area contributed by atoms with E-state index < -0.39 is 6.10 Å². The van der Waals surface area contributed by atoms with Gasteiger partial charge in [0.25, 0.3) is 5.91 Å². The number of nitrogens with one attached hydrogen (secondary N) is 2. The van der Waals surface area contributed by atoms with Crippen molar-refractivity contribution >= 4 is 32.7 Å². The highest BCUT2D eigenvalue weighted by atomic mass is 79.9. The Bertz CT molecular complexity index is 548. The topological polar surface area (TPSA) is 65.1 Å². The molecular weight excluding hydrogens is 284 g/mol. The highest BCUT2D eigenvalue weighted by Gasteiger charge is 2.10. The van der Waals surface area contributed by atoms with E-state index in [0.29, 0.717) is 5.69 Å². The van der Waals surface area contributed by atoms with Crippen molar-refractivity contribution in [1.82, 2.24) is 10.3 Å². The van der Waals surface area contributed by atoms with Gasteiger partial charge in [0.1, 0.15) is 5.69 Å². The van der Waals surface area contributed by atoms with Crippen LogP contribution in [0.2, 0.25) is 0 Å². The normalized spacial score (nSPS) is 12.6. The predicted octanol–water partition coefficient (Wildman–Crippen LogP) is 2.04. The molecule has 0 spiro atoms. The molecule has 5 heteroatoms. The summed E-state index contributed by atoms with van der Waals surface area (Å²) in [6.07, 6.45) is -0.546. The second kappa shape index (κ2) is 4.89. The maximum Gasteiger partial charge on any atom is 0.267 e. The Labute approximate surface area is 107 Å². The summed E-state index contributed by atoms with van der Waals surface area (Å²) in [6, 6.07) is 7.52. The summed E-state index contributed by atoms with van der Waals surface area (Å²) in [6.45, 7) is 1.87. The molecule has 2 rings (SSSR count). The molecule has 0 bridgehead atoms. The molecule has 0 aliphatic carbocycles. The maximum atomic E-state index is 11.8. The molecular formula is C12H13BrN2O2. The summed E-state index contributed by atoms with van der Waals surface area (Å²) in [4.78, 5) is 14.8. The molecule has 0 aliphatic rings. The number of fused-ring (bicyclic) bond motifs is 1. The second-order valence-electron chi connectivity index (χ2n) is 3.94. The first-order valence-corrected chi connectivity index (χ1v) is 6.10. The van der Waals surface area contributed by atoms with Gasteiger partial charge in [0.2, 0.25) is 0 Å². The van der Waals surface area contributed by atoms with Gasteiger partial charge in [-0.05, 0) is 25.1 Å². The lowest BCUT2D eigenvalue weighted by Gasteiger charge is -2.05. The van der Waals surface area contributed by atoms with Crippen molar-refractivity contribution in [1.29, 1.82) is 0 Å². The number of carbonyl (C=O) groups is 1. The van der Waals surface area contributed by atoms with Crippen LogP contribution in [0, 0.1) is 0 Å². The quantitative estimate of drug-likeness (QED) is 0.811. The van der Waals surface area contributed by atoms with Crippen molar-refractivity contribution < 1.29 is 9.90 Å². The number of aliphatic hydroxyl groups is 1. The molecule has 90 valence electrons. The first kappa shape index (κ1) is 12.1. The number of H-pyrrole nitrogens is 1. The van der Waals surface area contributed by atoms with Crippen molar-refractivity contribution in [3.63, 3.8) is 0 Å².